The average molecular weight is 432 g/mol. The maximum absolute atomic E-state index is 11.3. The summed E-state index contributed by atoms with van der Waals surface area (Å²) in [5.74, 6) is -1.17. The molecule has 0 spiro atoms. The van der Waals surface area contributed by atoms with Crippen LogP contribution >= 0.6 is 22.6 Å². The zero-order valence-corrected chi connectivity index (χ0v) is 14.9. The van der Waals surface area contributed by atoms with Crippen molar-refractivity contribution in [3.8, 4) is 0 Å². The van der Waals surface area contributed by atoms with Gasteiger partial charge in [-0.3, -0.25) is 9.59 Å². The topological polar surface area (TPSA) is 91.3 Å². The number of unbranched alkanes of at least 4 members (excludes halogenated alkanes) is 1. The van der Waals surface area contributed by atoms with Gasteiger partial charge in [-0.05, 0) is 12.8 Å². The summed E-state index contributed by atoms with van der Waals surface area (Å²) in [7, 11) is 0. The van der Waals surface area contributed by atoms with Gasteiger partial charge >= 0.3 is 11.9 Å². The Bertz CT molecular complexity index is 286. The van der Waals surface area contributed by atoms with E-state index in [0.717, 1.165) is 11.0 Å². The van der Waals surface area contributed by atoms with E-state index in [1.165, 1.54) is 0 Å². The first-order valence-electron chi connectivity index (χ1n) is 7.33. The van der Waals surface area contributed by atoms with E-state index in [-0.39, 0.29) is 25.4 Å². The molecule has 0 aromatic heterocycles. The molecule has 130 valence electrons. The number of hydrogen-bond donors (Lipinski definition) is 1. The van der Waals surface area contributed by atoms with Gasteiger partial charge in [0.25, 0.3) is 0 Å². The number of halogens is 1. The van der Waals surface area contributed by atoms with E-state index in [9.17, 15) is 9.59 Å². The minimum atomic E-state index is -0.847. The molecule has 0 bridgehead atoms. The molecule has 0 aromatic carbocycles. The maximum Gasteiger partial charge on any atom is 0.305 e. The highest BCUT2D eigenvalue weighted by Crippen LogP contribution is 2.01. The standard InChI is InChI=1S/C14H25IO7/c15-5-6-19-7-8-20-9-10-21-11-12-22-14(18)4-2-1-3-13(16)17/h1-12H2,(H,16,17). The molecule has 0 rings (SSSR count). The van der Waals surface area contributed by atoms with Crippen molar-refractivity contribution < 1.29 is 33.6 Å². The number of carbonyl (C=O) groups excluding carboxylic acids is 1. The summed E-state index contributed by atoms with van der Waals surface area (Å²) in [5.41, 5.74) is 0. The molecule has 0 unspecified atom stereocenters. The first-order valence-corrected chi connectivity index (χ1v) is 8.86. The van der Waals surface area contributed by atoms with Crippen molar-refractivity contribution in [2.45, 2.75) is 25.7 Å². The van der Waals surface area contributed by atoms with Gasteiger partial charge in [0.05, 0.1) is 39.6 Å². The highest BCUT2D eigenvalue weighted by atomic mass is 127. The lowest BCUT2D eigenvalue weighted by atomic mass is 10.2. The normalized spacial score (nSPS) is 10.6. The number of carbonyl (C=O) groups is 2. The van der Waals surface area contributed by atoms with Gasteiger partial charge in [0.15, 0.2) is 0 Å². The molecular formula is C14H25IO7. The Morgan fingerprint density at radius 2 is 1.27 bits per heavy atom. The van der Waals surface area contributed by atoms with Crippen LogP contribution < -0.4 is 0 Å². The molecule has 0 aliphatic carbocycles. The van der Waals surface area contributed by atoms with E-state index >= 15 is 0 Å². The molecule has 0 aliphatic heterocycles. The van der Waals surface area contributed by atoms with Crippen molar-refractivity contribution in [2.24, 2.45) is 0 Å². The Morgan fingerprint density at radius 1 is 0.773 bits per heavy atom. The number of alkyl halides is 1. The van der Waals surface area contributed by atoms with Crippen LogP contribution in [0.15, 0.2) is 0 Å². The van der Waals surface area contributed by atoms with Crippen LogP contribution in [0.1, 0.15) is 25.7 Å². The predicted octanol–water partition coefficient (Wildman–Crippen LogP) is 1.66. The number of esters is 1. The van der Waals surface area contributed by atoms with E-state index in [0.29, 0.717) is 45.9 Å². The van der Waals surface area contributed by atoms with Crippen LogP contribution in [-0.4, -0.2) is 67.7 Å². The maximum atomic E-state index is 11.3. The lowest BCUT2D eigenvalue weighted by Gasteiger charge is -2.07. The van der Waals surface area contributed by atoms with Gasteiger partial charge in [-0.15, -0.1) is 0 Å². The Labute approximate surface area is 144 Å². The molecule has 0 saturated heterocycles. The number of rotatable bonds is 16. The van der Waals surface area contributed by atoms with Crippen LogP contribution in [0.4, 0.5) is 0 Å². The number of carboxylic acids is 1. The monoisotopic (exact) mass is 432 g/mol. The number of aliphatic carboxylic acids is 1. The fourth-order valence-corrected chi connectivity index (χ4v) is 1.74. The molecule has 7 nitrogen and oxygen atoms in total. The molecule has 1 N–H and O–H groups in total. The van der Waals surface area contributed by atoms with Gasteiger partial charge in [-0.2, -0.15) is 0 Å². The number of carboxylic acid groups (broad SMARTS) is 1. The first-order chi connectivity index (χ1) is 10.7. The van der Waals surface area contributed by atoms with Crippen molar-refractivity contribution in [3.63, 3.8) is 0 Å². The third kappa shape index (κ3) is 17.6. The van der Waals surface area contributed by atoms with E-state index < -0.39 is 5.97 Å². The minimum Gasteiger partial charge on any atom is -0.481 e. The summed E-state index contributed by atoms with van der Waals surface area (Å²) in [4.78, 5) is 21.6. The summed E-state index contributed by atoms with van der Waals surface area (Å²) in [5, 5.41) is 8.44. The molecule has 0 radical (unpaired) electrons. The summed E-state index contributed by atoms with van der Waals surface area (Å²) in [6.07, 6.45) is 1.34. The fraction of sp³-hybridized carbons (Fsp3) is 0.857. The summed E-state index contributed by atoms with van der Waals surface area (Å²) in [6.45, 7) is 3.33. The molecular weight excluding hydrogens is 407 g/mol. The molecule has 0 atom stereocenters. The SMILES string of the molecule is O=C(O)CCCCC(=O)OCCOCCOCCOCCI. The highest BCUT2D eigenvalue weighted by Gasteiger charge is 2.04. The fourth-order valence-electron chi connectivity index (χ4n) is 1.43. The molecule has 0 saturated carbocycles. The molecule has 0 fully saturated rings. The first kappa shape index (κ1) is 21.6. The predicted molar refractivity (Wildman–Crippen MR) is 88.4 cm³/mol. The number of ether oxygens (including phenoxy) is 4. The molecule has 22 heavy (non-hydrogen) atoms. The Hall–Kier alpha value is -0.450. The molecule has 0 amide bonds. The second kappa shape index (κ2) is 16.9. The lowest BCUT2D eigenvalue weighted by Crippen LogP contribution is -2.14. The zero-order valence-electron chi connectivity index (χ0n) is 12.8. The Balaban J connectivity index is 3.15. The van der Waals surface area contributed by atoms with Crippen LogP contribution in [0, 0.1) is 0 Å². The van der Waals surface area contributed by atoms with Crippen molar-refractivity contribution in [3.05, 3.63) is 0 Å². The third-order valence-corrected chi connectivity index (χ3v) is 2.92. The van der Waals surface area contributed by atoms with Crippen molar-refractivity contribution in [2.75, 3.05) is 50.7 Å². The van der Waals surface area contributed by atoms with Crippen LogP contribution in [0.2, 0.25) is 0 Å². The molecule has 8 heteroatoms. The smallest absolute Gasteiger partial charge is 0.305 e. The Kier molecular flexibility index (Phi) is 16.6. The second-order valence-electron chi connectivity index (χ2n) is 4.35. The van der Waals surface area contributed by atoms with Crippen LogP contribution in [0.25, 0.3) is 0 Å². The van der Waals surface area contributed by atoms with Gasteiger partial charge in [0.2, 0.25) is 0 Å². The van der Waals surface area contributed by atoms with Gasteiger partial charge in [0, 0.05) is 17.3 Å². The van der Waals surface area contributed by atoms with Gasteiger partial charge in [0.1, 0.15) is 6.61 Å². The van der Waals surface area contributed by atoms with Crippen LogP contribution in [0.3, 0.4) is 0 Å². The summed E-state index contributed by atoms with van der Waals surface area (Å²) >= 11 is 2.25. The van der Waals surface area contributed by atoms with Crippen molar-refractivity contribution >= 4 is 34.5 Å². The van der Waals surface area contributed by atoms with E-state index in [4.69, 9.17) is 24.1 Å². The summed E-state index contributed by atoms with van der Waals surface area (Å²) in [6, 6.07) is 0. The van der Waals surface area contributed by atoms with Gasteiger partial charge < -0.3 is 24.1 Å². The zero-order chi connectivity index (χ0) is 16.5. The quantitative estimate of drug-likeness (QED) is 0.172. The molecule has 0 aliphatic rings. The van der Waals surface area contributed by atoms with E-state index in [1.807, 2.05) is 0 Å². The number of hydrogen-bond acceptors (Lipinski definition) is 6. The van der Waals surface area contributed by atoms with E-state index in [1.54, 1.807) is 0 Å². The summed E-state index contributed by atoms with van der Waals surface area (Å²) < 4.78 is 21.7. The third-order valence-electron chi connectivity index (χ3n) is 2.48. The second-order valence-corrected chi connectivity index (χ2v) is 5.43. The Morgan fingerprint density at radius 3 is 1.82 bits per heavy atom. The van der Waals surface area contributed by atoms with Crippen molar-refractivity contribution in [1.82, 2.24) is 0 Å². The minimum absolute atomic E-state index is 0.0828. The largest absolute Gasteiger partial charge is 0.481 e. The van der Waals surface area contributed by atoms with Crippen LogP contribution in [-0.2, 0) is 28.5 Å². The highest BCUT2D eigenvalue weighted by molar-refractivity contribution is 14.1. The molecule has 0 aromatic rings. The van der Waals surface area contributed by atoms with Gasteiger partial charge in [-0.25, -0.2) is 0 Å². The van der Waals surface area contributed by atoms with Gasteiger partial charge in [-0.1, -0.05) is 22.6 Å². The van der Waals surface area contributed by atoms with Crippen molar-refractivity contribution in [1.29, 1.82) is 0 Å². The van der Waals surface area contributed by atoms with E-state index in [2.05, 4.69) is 22.6 Å². The molecule has 0 heterocycles. The lowest BCUT2D eigenvalue weighted by molar-refractivity contribution is -0.146. The van der Waals surface area contributed by atoms with Crippen LogP contribution in [0.5, 0.6) is 0 Å². The average Bonchev–Trinajstić information content (AvgIpc) is 2.49.